The number of carbonyl (C=O) groups is 5. The molecule has 7 N–H and O–H groups in total. The van der Waals surface area contributed by atoms with Gasteiger partial charge in [0.15, 0.2) is 0 Å². The smallest absolute Gasteiger partial charge is 0.302 e. The Kier molecular flexibility index (Phi) is 77.0. The number of aliphatic hydroxyl groups is 3. The van der Waals surface area contributed by atoms with E-state index in [1.165, 1.54) is 100 Å². The lowest BCUT2D eigenvalue weighted by molar-refractivity contribution is -0.385. The molecule has 4 aliphatic rings. The molecule has 2 aromatic carbocycles. The number of carbonyl (C=O) groups excluding carboxylic acids is 5. The topological polar surface area (TPSA) is 330 Å². The summed E-state index contributed by atoms with van der Waals surface area (Å²) in [4.78, 5) is 77.3. The van der Waals surface area contributed by atoms with E-state index in [0.29, 0.717) is 6.61 Å². The van der Waals surface area contributed by atoms with E-state index < -0.39 is 9.85 Å². The van der Waals surface area contributed by atoms with Gasteiger partial charge in [-0.1, -0.05) is 85.7 Å². The van der Waals surface area contributed by atoms with Crippen molar-refractivity contribution in [1.82, 2.24) is 26.2 Å². The zero-order valence-corrected chi connectivity index (χ0v) is 60.6. The first-order valence-electron chi connectivity index (χ1n) is 28.2. The summed E-state index contributed by atoms with van der Waals surface area (Å²) in [5.41, 5.74) is -0.0343. The quantitative estimate of drug-likeness (QED) is 0.0198. The summed E-state index contributed by atoms with van der Waals surface area (Å²) in [5.74, 6) is 0.641. The lowest BCUT2D eigenvalue weighted by Gasteiger charge is -2.31. The number of rotatable bonds is 15. The molecule has 0 aliphatic carbocycles. The van der Waals surface area contributed by atoms with Gasteiger partial charge in [-0.25, -0.2) is 0 Å². The summed E-state index contributed by atoms with van der Waals surface area (Å²) in [6, 6.07) is 13.2. The predicted octanol–water partition coefficient (Wildman–Crippen LogP) is 10.6. The van der Waals surface area contributed by atoms with E-state index in [4.69, 9.17) is 34.3 Å². The van der Waals surface area contributed by atoms with Crippen LogP contribution in [0.1, 0.15) is 129 Å². The van der Waals surface area contributed by atoms with Gasteiger partial charge in [0.25, 0.3) is 11.4 Å². The third kappa shape index (κ3) is 56.6. The number of thiol groups is 3. The molecule has 6 rings (SSSR count). The largest absolute Gasteiger partial charge is 0.469 e. The van der Waals surface area contributed by atoms with Crippen LogP contribution in [0.15, 0.2) is 58.3 Å². The molecular weight excluding hydrogens is 1320 g/mol. The number of benzene rings is 2. The molecule has 528 valence electrons. The highest BCUT2D eigenvalue weighted by atomic mass is 33.1. The number of ether oxygens (including phenoxy) is 5. The van der Waals surface area contributed by atoms with Gasteiger partial charge in [0.05, 0.1) is 41.1 Å². The fraction of sp³-hybridized carbons (Fsp3) is 0.707. The normalized spacial score (nSPS) is 19.6. The fourth-order valence-electron chi connectivity index (χ4n) is 7.04. The van der Waals surface area contributed by atoms with Gasteiger partial charge >= 0.3 is 5.97 Å². The summed E-state index contributed by atoms with van der Waals surface area (Å²) in [6.45, 7) is 22.6. The molecule has 4 saturated heterocycles. The second-order valence-electron chi connectivity index (χ2n) is 17.6. The molecule has 4 aliphatic heterocycles. The number of nitro groups is 2. The number of hydrogen-bond donors (Lipinski definition) is 10. The number of nitro benzene ring substituents is 2. The summed E-state index contributed by atoms with van der Waals surface area (Å²) >= 11 is 13.7. The Hall–Kier alpha value is -2.93. The number of nitrogens with zero attached hydrogens (tertiary/aromatic N) is 3. The van der Waals surface area contributed by atoms with Crippen molar-refractivity contribution in [3.05, 3.63) is 68.8 Å². The molecule has 0 aromatic heterocycles. The second-order valence-corrected chi connectivity index (χ2v) is 25.0. The molecule has 4 fully saturated rings. The van der Waals surface area contributed by atoms with Crippen molar-refractivity contribution in [2.24, 2.45) is 0 Å². The molecule has 2 aromatic rings. The van der Waals surface area contributed by atoms with Gasteiger partial charge in [-0.15, -0.1) is 37.0 Å². The van der Waals surface area contributed by atoms with Crippen LogP contribution >= 0.6 is 92.8 Å². The van der Waals surface area contributed by atoms with Gasteiger partial charge in [-0.2, -0.15) is 12.6 Å². The van der Waals surface area contributed by atoms with E-state index in [1.807, 2.05) is 19.4 Å². The van der Waals surface area contributed by atoms with Crippen LogP contribution in [0.25, 0.3) is 0 Å². The van der Waals surface area contributed by atoms with E-state index in [-0.39, 0.29) is 102 Å². The minimum absolute atomic E-state index is 0. The Bertz CT molecular complexity index is 2030. The Morgan fingerprint density at radius 3 is 1.08 bits per heavy atom. The standard InChI is InChI=1S/C13H16N2O4S2.C8H15NO2S2.C7H7NO2S.2C7H13NO2S.C6H15N.C3H6O2.C2H6S.3CH4O.2CH4/c1-9(16)14-12-3-2-8-19-13(12)21-20-11-6-4-10(5-7-11)15(17)18;1-6(10)9-7-4-3-5-11-8(7)13-12-2;1-11-7-4-2-6(3-5-7)8(9)10;2*1-5(9)8-6-3-2-4-10-7(6)11;1-4-7(5-2)6-3;1-3(4)5-2;1-2-3;3*1-2;;/h4-7,12-13H,2-3,8H2,1H3,(H,14,16);7-8H,3-5H2,1-2H3,(H,9,10);2-5H,1H3;2*6-7,11H,2-4H2,1H3,(H,8,9);4-6H2,1-3H3;1-2H3;3H,2H2,1H3;3*2H,1H3;2*1H4. The van der Waals surface area contributed by atoms with Crippen LogP contribution in [0.3, 0.4) is 0 Å². The van der Waals surface area contributed by atoms with Gasteiger partial charge < -0.3 is 65.2 Å². The van der Waals surface area contributed by atoms with Crippen molar-refractivity contribution < 1.29 is 72.8 Å². The summed E-state index contributed by atoms with van der Waals surface area (Å²) < 4.78 is 25.8. The van der Waals surface area contributed by atoms with E-state index in [0.717, 1.165) is 108 Å². The van der Waals surface area contributed by atoms with Crippen LogP contribution in [0.2, 0.25) is 0 Å². The number of methoxy groups -OCH3 is 1. The van der Waals surface area contributed by atoms with Gasteiger partial charge in [-0.05, 0) is 114 Å². The highest BCUT2D eigenvalue weighted by Gasteiger charge is 2.29. The highest BCUT2D eigenvalue weighted by molar-refractivity contribution is 8.77. The van der Waals surface area contributed by atoms with E-state index >= 15 is 0 Å². The molecular formula is C58H111N7O17S8. The fourth-order valence-corrected chi connectivity index (χ4v) is 12.4. The van der Waals surface area contributed by atoms with Crippen molar-refractivity contribution in [3.63, 3.8) is 0 Å². The predicted molar refractivity (Wildman–Crippen MR) is 385 cm³/mol. The van der Waals surface area contributed by atoms with Gasteiger partial charge in [0.2, 0.25) is 23.6 Å². The number of non-ortho nitro benzene ring substituents is 2. The maximum absolute atomic E-state index is 11.2. The minimum atomic E-state index is -0.418. The molecule has 4 heterocycles. The Morgan fingerprint density at radius 2 is 0.833 bits per heavy atom. The van der Waals surface area contributed by atoms with E-state index in [1.54, 1.807) is 64.5 Å². The lowest BCUT2D eigenvalue weighted by Crippen LogP contribution is -2.44. The number of esters is 1. The van der Waals surface area contributed by atoms with Crippen molar-refractivity contribution in [3.8, 4) is 0 Å². The first kappa shape index (κ1) is 101. The second kappa shape index (κ2) is 68.9. The number of aliphatic hydroxyl groups excluding tert-OH is 3. The molecule has 0 radical (unpaired) electrons. The minimum Gasteiger partial charge on any atom is -0.469 e. The third-order valence-electron chi connectivity index (χ3n) is 11.1. The molecule has 0 spiro atoms. The number of amides is 4. The monoisotopic (exact) mass is 1430 g/mol. The summed E-state index contributed by atoms with van der Waals surface area (Å²) in [7, 11) is 10.7. The van der Waals surface area contributed by atoms with Crippen LogP contribution in [0, 0.1) is 20.2 Å². The van der Waals surface area contributed by atoms with Crippen molar-refractivity contribution in [2.45, 2.75) is 184 Å². The van der Waals surface area contributed by atoms with Gasteiger partial charge in [0.1, 0.15) is 21.7 Å². The molecule has 8 atom stereocenters. The molecule has 4 amide bonds. The van der Waals surface area contributed by atoms with Crippen LogP contribution in [-0.2, 0) is 47.7 Å². The third-order valence-corrected chi connectivity index (χ3v) is 17.5. The van der Waals surface area contributed by atoms with Crippen LogP contribution in [0.4, 0.5) is 11.4 Å². The average Bonchev–Trinajstić information content (AvgIpc) is 2.86. The average molecular weight is 1440 g/mol. The molecule has 90 heavy (non-hydrogen) atoms. The zero-order valence-electron chi connectivity index (χ0n) is 53.8. The van der Waals surface area contributed by atoms with Crippen molar-refractivity contribution in [2.75, 3.05) is 92.8 Å². The summed E-state index contributed by atoms with van der Waals surface area (Å²) in [5, 5.41) is 53.2. The molecule has 8 unspecified atom stereocenters. The number of nitrogens with one attached hydrogen (secondary N) is 4. The highest BCUT2D eigenvalue weighted by Crippen LogP contribution is 2.39. The van der Waals surface area contributed by atoms with Crippen LogP contribution in [0.5, 0.6) is 0 Å². The van der Waals surface area contributed by atoms with Crippen LogP contribution < -0.4 is 21.3 Å². The van der Waals surface area contributed by atoms with Gasteiger partial charge in [0, 0.05) is 116 Å². The number of thioether (sulfide) groups is 1. The van der Waals surface area contributed by atoms with Crippen molar-refractivity contribution >= 4 is 134 Å². The summed E-state index contributed by atoms with van der Waals surface area (Å²) in [6.07, 6.45) is 11.8. The maximum atomic E-state index is 11.2. The van der Waals surface area contributed by atoms with Crippen molar-refractivity contribution in [1.29, 1.82) is 0 Å². The molecule has 24 nitrogen and oxygen atoms in total. The van der Waals surface area contributed by atoms with Gasteiger partial charge in [-0.3, -0.25) is 44.2 Å². The maximum Gasteiger partial charge on any atom is 0.302 e. The first-order chi connectivity index (χ1) is 42.0. The molecule has 32 heteroatoms. The first-order valence-corrected chi connectivity index (χ1v) is 35.9. The zero-order chi connectivity index (χ0) is 68.4. The SMILES string of the molecule is C.C.CC(=O)NC1CCCOC1S.CC(=O)NC1CCCOC1S.CC(=O)NC1CCCOC1SSc1ccc([N+](=O)[O-])cc1.CCN(CC)CC.CCS.CO.CO.CO.COC(C)=O.CSSC1OCCCC1NC(C)=O.CSc1ccc([N+](=O)[O-])cc1. The van der Waals surface area contributed by atoms with E-state index in [2.05, 4.69) is 89.6 Å². The Morgan fingerprint density at radius 1 is 0.556 bits per heavy atom. The molecule has 0 saturated carbocycles. The van der Waals surface area contributed by atoms with Crippen LogP contribution in [-0.4, -0.2) is 198 Å². The Labute approximate surface area is 574 Å². The molecule has 0 bridgehead atoms. The number of hydrogen-bond acceptors (Lipinski definition) is 26. The van der Waals surface area contributed by atoms with E-state index in [9.17, 15) is 44.2 Å². The Balaban J connectivity index is -0.000000180. The lowest BCUT2D eigenvalue weighted by atomic mass is 10.1.